The number of benzene rings is 2. The van der Waals surface area contributed by atoms with E-state index in [0.29, 0.717) is 5.69 Å². The molecule has 2 aromatic rings. The smallest absolute Gasteiger partial charge is 0.335 e. The summed E-state index contributed by atoms with van der Waals surface area (Å²) in [4.78, 5) is 25.7. The average Bonchev–Trinajstić information content (AvgIpc) is 2.64. The lowest BCUT2D eigenvalue weighted by Gasteiger charge is -2.31. The molecule has 1 aliphatic rings. The Morgan fingerprint density at radius 2 is 1.65 bits per heavy atom. The van der Waals surface area contributed by atoms with Gasteiger partial charge in [-0.25, -0.2) is 4.79 Å². The molecule has 136 valence electrons. The second kappa shape index (κ2) is 8.15. The van der Waals surface area contributed by atoms with E-state index in [9.17, 15) is 9.59 Å². The van der Waals surface area contributed by atoms with Gasteiger partial charge in [-0.3, -0.25) is 9.69 Å². The van der Waals surface area contributed by atoms with Gasteiger partial charge in [-0.2, -0.15) is 0 Å². The molecule has 3 rings (SSSR count). The van der Waals surface area contributed by atoms with Crippen LogP contribution in [0.4, 0.5) is 5.69 Å². The molecule has 1 amide bonds. The van der Waals surface area contributed by atoms with Gasteiger partial charge in [-0.1, -0.05) is 29.8 Å². The molecule has 1 aliphatic heterocycles. The highest BCUT2D eigenvalue weighted by atomic mass is 16.4. The number of nitrogens with zero attached hydrogens (tertiary/aromatic N) is 1. The van der Waals surface area contributed by atoms with Gasteiger partial charge in [0.2, 0.25) is 5.91 Å². The van der Waals surface area contributed by atoms with Gasteiger partial charge < -0.3 is 10.4 Å². The number of hydrogen-bond acceptors (Lipinski definition) is 3. The highest BCUT2D eigenvalue weighted by Crippen LogP contribution is 2.21. The van der Waals surface area contributed by atoms with Crippen molar-refractivity contribution in [2.45, 2.75) is 26.3 Å². The van der Waals surface area contributed by atoms with E-state index >= 15 is 0 Å². The molecule has 2 aromatic carbocycles. The lowest BCUT2D eigenvalue weighted by atomic mass is 9.95. The van der Waals surface area contributed by atoms with Crippen LogP contribution >= 0.6 is 0 Å². The summed E-state index contributed by atoms with van der Waals surface area (Å²) in [6.07, 6.45) is 1.68. The number of carboxylic acid groups (broad SMARTS) is 1. The van der Waals surface area contributed by atoms with Crippen LogP contribution in [0.25, 0.3) is 0 Å². The summed E-state index contributed by atoms with van der Waals surface area (Å²) in [6.45, 7) is 4.82. The zero-order valence-electron chi connectivity index (χ0n) is 14.9. The van der Waals surface area contributed by atoms with Crippen molar-refractivity contribution in [2.24, 2.45) is 5.92 Å². The first-order chi connectivity index (χ1) is 12.5. The van der Waals surface area contributed by atoms with Crippen LogP contribution in [-0.4, -0.2) is 35.0 Å². The summed E-state index contributed by atoms with van der Waals surface area (Å²) in [5.41, 5.74) is 3.42. The summed E-state index contributed by atoms with van der Waals surface area (Å²) in [6, 6.07) is 14.9. The van der Waals surface area contributed by atoms with Crippen molar-refractivity contribution < 1.29 is 14.7 Å². The van der Waals surface area contributed by atoms with Crippen LogP contribution in [0, 0.1) is 12.8 Å². The van der Waals surface area contributed by atoms with E-state index in [-0.39, 0.29) is 17.4 Å². The van der Waals surface area contributed by atoms with E-state index in [1.54, 1.807) is 12.1 Å². The third-order valence-corrected chi connectivity index (χ3v) is 4.88. The molecule has 0 radical (unpaired) electrons. The second-order valence-corrected chi connectivity index (χ2v) is 6.91. The van der Waals surface area contributed by atoms with Gasteiger partial charge in [-0.15, -0.1) is 0 Å². The van der Waals surface area contributed by atoms with E-state index in [1.165, 1.54) is 23.3 Å². The maximum Gasteiger partial charge on any atom is 0.335 e. The number of carbonyl (C=O) groups excluding carboxylic acids is 1. The number of aryl methyl sites for hydroxylation is 1. The summed E-state index contributed by atoms with van der Waals surface area (Å²) < 4.78 is 0. The Bertz CT molecular complexity index is 761. The number of anilines is 1. The summed E-state index contributed by atoms with van der Waals surface area (Å²) >= 11 is 0. The fourth-order valence-corrected chi connectivity index (χ4v) is 3.25. The van der Waals surface area contributed by atoms with Gasteiger partial charge in [0.25, 0.3) is 0 Å². The van der Waals surface area contributed by atoms with Crippen LogP contribution in [0.3, 0.4) is 0 Å². The van der Waals surface area contributed by atoms with Crippen molar-refractivity contribution in [3.8, 4) is 0 Å². The van der Waals surface area contributed by atoms with E-state index in [2.05, 4.69) is 41.4 Å². The van der Waals surface area contributed by atoms with Crippen LogP contribution in [0.15, 0.2) is 48.5 Å². The fourth-order valence-electron chi connectivity index (χ4n) is 3.25. The zero-order chi connectivity index (χ0) is 18.5. The monoisotopic (exact) mass is 352 g/mol. The topological polar surface area (TPSA) is 69.6 Å². The molecule has 1 saturated heterocycles. The number of likely N-dealkylation sites (tertiary alicyclic amines) is 1. The minimum Gasteiger partial charge on any atom is -0.478 e. The molecular formula is C21H24N2O3. The van der Waals surface area contributed by atoms with Gasteiger partial charge in [0.05, 0.1) is 5.56 Å². The van der Waals surface area contributed by atoms with E-state index < -0.39 is 5.97 Å². The van der Waals surface area contributed by atoms with Crippen molar-refractivity contribution in [2.75, 3.05) is 18.4 Å². The molecule has 1 fully saturated rings. The quantitative estimate of drug-likeness (QED) is 0.863. The van der Waals surface area contributed by atoms with Gasteiger partial charge in [-0.05, 0) is 62.7 Å². The molecule has 1 heterocycles. The standard InChI is InChI=1S/C21H24N2O3/c1-15-2-4-16(5-3-15)14-23-12-10-17(11-13-23)20(24)22-19-8-6-18(7-9-19)21(25)26/h2-9,17H,10-14H2,1H3,(H,22,24)(H,25,26). The number of aromatic carboxylic acids is 1. The lowest BCUT2D eigenvalue weighted by molar-refractivity contribution is -0.121. The third kappa shape index (κ3) is 4.70. The van der Waals surface area contributed by atoms with Gasteiger partial charge in [0, 0.05) is 18.2 Å². The first-order valence-corrected chi connectivity index (χ1v) is 8.93. The van der Waals surface area contributed by atoms with Crippen LogP contribution < -0.4 is 5.32 Å². The normalized spacial score (nSPS) is 15.6. The van der Waals surface area contributed by atoms with Crippen LogP contribution in [-0.2, 0) is 11.3 Å². The Hall–Kier alpha value is -2.66. The molecule has 0 bridgehead atoms. The first-order valence-electron chi connectivity index (χ1n) is 8.93. The minimum absolute atomic E-state index is 0.00316. The maximum atomic E-state index is 12.4. The minimum atomic E-state index is -0.969. The molecule has 5 heteroatoms. The van der Waals surface area contributed by atoms with Crippen LogP contribution in [0.5, 0.6) is 0 Å². The molecule has 0 aromatic heterocycles. The first kappa shape index (κ1) is 18.1. The Kier molecular flexibility index (Phi) is 5.68. The Labute approximate surface area is 153 Å². The van der Waals surface area contributed by atoms with E-state index in [0.717, 1.165) is 32.5 Å². The van der Waals surface area contributed by atoms with Crippen molar-refractivity contribution in [3.05, 3.63) is 65.2 Å². The summed E-state index contributed by atoms with van der Waals surface area (Å²) in [5, 5.41) is 11.8. The van der Waals surface area contributed by atoms with Crippen LogP contribution in [0.1, 0.15) is 34.3 Å². The van der Waals surface area contributed by atoms with E-state index in [4.69, 9.17) is 5.11 Å². The van der Waals surface area contributed by atoms with Crippen molar-refractivity contribution in [1.29, 1.82) is 0 Å². The van der Waals surface area contributed by atoms with Crippen molar-refractivity contribution in [3.63, 3.8) is 0 Å². The average molecular weight is 352 g/mol. The Morgan fingerprint density at radius 3 is 2.23 bits per heavy atom. The highest BCUT2D eigenvalue weighted by molar-refractivity contribution is 5.93. The number of amides is 1. The molecule has 0 unspecified atom stereocenters. The highest BCUT2D eigenvalue weighted by Gasteiger charge is 2.25. The molecule has 5 nitrogen and oxygen atoms in total. The number of carbonyl (C=O) groups is 2. The van der Waals surface area contributed by atoms with Gasteiger partial charge in [0.15, 0.2) is 0 Å². The summed E-state index contributed by atoms with van der Waals surface area (Å²) in [7, 11) is 0. The van der Waals surface area contributed by atoms with E-state index in [1.807, 2.05) is 0 Å². The number of hydrogen-bond donors (Lipinski definition) is 2. The van der Waals surface area contributed by atoms with Crippen molar-refractivity contribution >= 4 is 17.6 Å². The van der Waals surface area contributed by atoms with Gasteiger partial charge in [0.1, 0.15) is 0 Å². The van der Waals surface area contributed by atoms with Crippen LogP contribution in [0.2, 0.25) is 0 Å². The number of piperidine rings is 1. The van der Waals surface area contributed by atoms with Gasteiger partial charge >= 0.3 is 5.97 Å². The molecule has 26 heavy (non-hydrogen) atoms. The third-order valence-electron chi connectivity index (χ3n) is 4.88. The molecule has 0 spiro atoms. The molecule has 2 N–H and O–H groups in total. The molecular weight excluding hydrogens is 328 g/mol. The lowest BCUT2D eigenvalue weighted by Crippen LogP contribution is -2.37. The Morgan fingerprint density at radius 1 is 1.04 bits per heavy atom. The molecule has 0 saturated carbocycles. The molecule has 0 atom stereocenters. The predicted molar refractivity (Wildman–Crippen MR) is 101 cm³/mol. The Balaban J connectivity index is 1.48. The zero-order valence-corrected chi connectivity index (χ0v) is 14.9. The van der Waals surface area contributed by atoms with Crippen molar-refractivity contribution in [1.82, 2.24) is 4.90 Å². The summed E-state index contributed by atoms with van der Waals surface area (Å²) in [5.74, 6) is -0.949. The largest absolute Gasteiger partial charge is 0.478 e. The number of rotatable bonds is 5. The SMILES string of the molecule is Cc1ccc(CN2CCC(C(=O)Nc3ccc(C(=O)O)cc3)CC2)cc1. The predicted octanol–water partition coefficient (Wildman–Crippen LogP) is 3.54. The second-order valence-electron chi connectivity index (χ2n) is 6.91. The fraction of sp³-hybridized carbons (Fsp3) is 0.333. The molecule has 0 aliphatic carbocycles. The number of nitrogens with one attached hydrogen (secondary N) is 1. The number of carboxylic acids is 1. The maximum absolute atomic E-state index is 12.4.